The van der Waals surface area contributed by atoms with Crippen LogP contribution < -0.4 is 0 Å². The van der Waals surface area contributed by atoms with Crippen LogP contribution in [0.5, 0.6) is 0 Å². The van der Waals surface area contributed by atoms with Crippen molar-refractivity contribution in [2.75, 3.05) is 7.05 Å². The third-order valence-corrected chi connectivity index (χ3v) is 3.50. The van der Waals surface area contributed by atoms with Gasteiger partial charge in [-0.3, -0.25) is 9.88 Å². The Balaban J connectivity index is 2.06. The summed E-state index contributed by atoms with van der Waals surface area (Å²) in [4.78, 5) is 16.7. The van der Waals surface area contributed by atoms with E-state index in [0.29, 0.717) is 6.54 Å². The van der Waals surface area contributed by atoms with E-state index in [1.165, 1.54) is 12.3 Å². The van der Waals surface area contributed by atoms with Crippen LogP contribution in [0.25, 0.3) is 0 Å². The third-order valence-electron chi connectivity index (χ3n) is 3.50. The van der Waals surface area contributed by atoms with Crippen LogP contribution in [0, 0.1) is 5.82 Å². The van der Waals surface area contributed by atoms with Crippen LogP contribution in [0.15, 0.2) is 42.7 Å². The molecule has 0 spiro atoms. The molecule has 21 heavy (non-hydrogen) atoms. The fraction of sp³-hybridized carbons (Fsp3) is 0.250. The standard InChI is InChI=1S/C16H17FN2O2/c1-11(14-7-15(17)9-18-8-14)19(2)10-12-3-5-13(6-4-12)16(20)21/h3-9,11H,10H2,1-2H3,(H,20,21). The number of carboxylic acids is 1. The molecule has 1 aromatic heterocycles. The molecule has 0 radical (unpaired) electrons. The van der Waals surface area contributed by atoms with E-state index in [1.807, 2.05) is 18.9 Å². The maximum Gasteiger partial charge on any atom is 0.335 e. The molecule has 0 aliphatic rings. The van der Waals surface area contributed by atoms with E-state index in [0.717, 1.165) is 11.1 Å². The highest BCUT2D eigenvalue weighted by atomic mass is 19.1. The van der Waals surface area contributed by atoms with E-state index >= 15 is 0 Å². The molecule has 2 rings (SSSR count). The molecule has 1 unspecified atom stereocenters. The third kappa shape index (κ3) is 3.86. The zero-order chi connectivity index (χ0) is 15.4. The first-order valence-electron chi connectivity index (χ1n) is 6.60. The van der Waals surface area contributed by atoms with E-state index in [2.05, 4.69) is 4.98 Å². The smallest absolute Gasteiger partial charge is 0.335 e. The minimum absolute atomic E-state index is 0.00681. The van der Waals surface area contributed by atoms with Gasteiger partial charge in [-0.15, -0.1) is 0 Å². The molecule has 2 aromatic rings. The van der Waals surface area contributed by atoms with Crippen molar-refractivity contribution in [3.05, 3.63) is 65.2 Å². The molecule has 0 saturated heterocycles. The summed E-state index contributed by atoms with van der Waals surface area (Å²) >= 11 is 0. The number of hydrogen-bond donors (Lipinski definition) is 1. The van der Waals surface area contributed by atoms with E-state index in [-0.39, 0.29) is 17.4 Å². The van der Waals surface area contributed by atoms with Crippen molar-refractivity contribution in [2.45, 2.75) is 19.5 Å². The Bertz CT molecular complexity index is 628. The minimum Gasteiger partial charge on any atom is -0.478 e. The van der Waals surface area contributed by atoms with Gasteiger partial charge in [0.05, 0.1) is 11.8 Å². The Kier molecular flexibility index (Phi) is 4.65. The molecule has 5 heteroatoms. The maximum atomic E-state index is 13.2. The fourth-order valence-corrected chi connectivity index (χ4v) is 2.09. The van der Waals surface area contributed by atoms with Crippen LogP contribution in [-0.4, -0.2) is 28.0 Å². The van der Waals surface area contributed by atoms with Gasteiger partial charge in [-0.25, -0.2) is 9.18 Å². The predicted molar refractivity (Wildman–Crippen MR) is 77.5 cm³/mol. The average Bonchev–Trinajstić information content (AvgIpc) is 2.47. The molecule has 0 aliphatic carbocycles. The summed E-state index contributed by atoms with van der Waals surface area (Å²) in [5, 5.41) is 8.87. The van der Waals surface area contributed by atoms with Gasteiger partial charge in [0.1, 0.15) is 5.82 Å². The quantitative estimate of drug-likeness (QED) is 0.918. The first-order valence-corrected chi connectivity index (χ1v) is 6.60. The molecule has 1 heterocycles. The summed E-state index contributed by atoms with van der Waals surface area (Å²) < 4.78 is 13.2. The van der Waals surface area contributed by atoms with Crippen LogP contribution in [0.2, 0.25) is 0 Å². The number of aromatic nitrogens is 1. The molecule has 1 N–H and O–H groups in total. The van der Waals surface area contributed by atoms with Crippen LogP contribution in [-0.2, 0) is 6.54 Å². The Morgan fingerprint density at radius 3 is 2.57 bits per heavy atom. The molecule has 0 saturated carbocycles. The molecule has 0 fully saturated rings. The van der Waals surface area contributed by atoms with Gasteiger partial charge >= 0.3 is 5.97 Å². The van der Waals surface area contributed by atoms with Crippen molar-refractivity contribution in [3.8, 4) is 0 Å². The normalized spacial score (nSPS) is 12.4. The molecule has 0 aliphatic heterocycles. The lowest BCUT2D eigenvalue weighted by atomic mass is 10.1. The highest BCUT2D eigenvalue weighted by molar-refractivity contribution is 5.87. The SMILES string of the molecule is CC(c1cncc(F)c1)N(C)Cc1ccc(C(=O)O)cc1. The second kappa shape index (κ2) is 6.45. The molecular formula is C16H17FN2O2. The molecule has 0 bridgehead atoms. The van der Waals surface area contributed by atoms with Gasteiger partial charge in [-0.2, -0.15) is 0 Å². The molecular weight excluding hydrogens is 271 g/mol. The highest BCUT2D eigenvalue weighted by Gasteiger charge is 2.13. The first kappa shape index (κ1) is 15.1. The number of carboxylic acid groups (broad SMARTS) is 1. The Morgan fingerprint density at radius 2 is 2.00 bits per heavy atom. The number of halogens is 1. The average molecular weight is 288 g/mol. The zero-order valence-electron chi connectivity index (χ0n) is 12.0. The van der Waals surface area contributed by atoms with E-state index in [9.17, 15) is 9.18 Å². The van der Waals surface area contributed by atoms with Gasteiger partial charge in [-0.05, 0) is 43.3 Å². The van der Waals surface area contributed by atoms with Gasteiger partial charge in [0, 0.05) is 18.8 Å². The van der Waals surface area contributed by atoms with E-state index in [4.69, 9.17) is 5.11 Å². The number of pyridine rings is 1. The number of hydrogen-bond acceptors (Lipinski definition) is 3. The number of aromatic carboxylic acids is 1. The summed E-state index contributed by atoms with van der Waals surface area (Å²) in [6.07, 6.45) is 2.83. The molecule has 1 aromatic carbocycles. The Morgan fingerprint density at radius 1 is 1.33 bits per heavy atom. The lowest BCUT2D eigenvalue weighted by Crippen LogP contribution is -2.22. The maximum absolute atomic E-state index is 13.2. The van der Waals surface area contributed by atoms with Gasteiger partial charge in [-0.1, -0.05) is 12.1 Å². The second-order valence-electron chi connectivity index (χ2n) is 5.03. The van der Waals surface area contributed by atoms with Crippen LogP contribution in [0.4, 0.5) is 4.39 Å². The predicted octanol–water partition coefficient (Wildman–Crippen LogP) is 3.11. The summed E-state index contributed by atoms with van der Waals surface area (Å²) in [5.74, 6) is -1.28. The van der Waals surface area contributed by atoms with Crippen molar-refractivity contribution < 1.29 is 14.3 Å². The summed E-state index contributed by atoms with van der Waals surface area (Å²) in [6.45, 7) is 2.61. The monoisotopic (exact) mass is 288 g/mol. The summed E-state index contributed by atoms with van der Waals surface area (Å²) in [7, 11) is 1.93. The lowest BCUT2D eigenvalue weighted by Gasteiger charge is -2.25. The van der Waals surface area contributed by atoms with Gasteiger partial charge in [0.25, 0.3) is 0 Å². The first-order chi connectivity index (χ1) is 9.97. The molecule has 0 amide bonds. The number of carbonyl (C=O) groups is 1. The zero-order valence-corrected chi connectivity index (χ0v) is 12.0. The van der Waals surface area contributed by atoms with Gasteiger partial charge in [0.15, 0.2) is 0 Å². The van der Waals surface area contributed by atoms with Crippen molar-refractivity contribution in [3.63, 3.8) is 0 Å². The van der Waals surface area contributed by atoms with E-state index < -0.39 is 5.97 Å². The highest BCUT2D eigenvalue weighted by Crippen LogP contribution is 2.20. The van der Waals surface area contributed by atoms with Crippen LogP contribution in [0.3, 0.4) is 0 Å². The van der Waals surface area contributed by atoms with Crippen LogP contribution >= 0.6 is 0 Å². The number of rotatable bonds is 5. The lowest BCUT2D eigenvalue weighted by molar-refractivity contribution is 0.0697. The van der Waals surface area contributed by atoms with Crippen molar-refractivity contribution in [2.24, 2.45) is 0 Å². The minimum atomic E-state index is -0.936. The second-order valence-corrected chi connectivity index (χ2v) is 5.03. The topological polar surface area (TPSA) is 53.4 Å². The fourth-order valence-electron chi connectivity index (χ4n) is 2.09. The van der Waals surface area contributed by atoms with Gasteiger partial charge in [0.2, 0.25) is 0 Å². The van der Waals surface area contributed by atoms with E-state index in [1.54, 1.807) is 30.5 Å². The number of nitrogens with zero attached hydrogens (tertiary/aromatic N) is 2. The molecule has 110 valence electrons. The molecule has 1 atom stereocenters. The van der Waals surface area contributed by atoms with Gasteiger partial charge < -0.3 is 5.11 Å². The van der Waals surface area contributed by atoms with Crippen molar-refractivity contribution >= 4 is 5.97 Å². The largest absolute Gasteiger partial charge is 0.478 e. The Hall–Kier alpha value is -2.27. The Labute approximate surface area is 122 Å². The van der Waals surface area contributed by atoms with Crippen LogP contribution in [0.1, 0.15) is 34.5 Å². The summed E-state index contributed by atoms with van der Waals surface area (Å²) in [6, 6.07) is 8.22. The molecule has 4 nitrogen and oxygen atoms in total. The number of benzene rings is 1. The van der Waals surface area contributed by atoms with Crippen molar-refractivity contribution in [1.29, 1.82) is 0 Å². The van der Waals surface area contributed by atoms with Crippen molar-refractivity contribution in [1.82, 2.24) is 9.88 Å². The summed E-state index contributed by atoms with van der Waals surface area (Å²) in [5.41, 5.74) is 2.07.